The summed E-state index contributed by atoms with van der Waals surface area (Å²) in [6, 6.07) is 10.3. The Morgan fingerprint density at radius 3 is 2.19 bits per heavy atom. The van der Waals surface area contributed by atoms with Gasteiger partial charge in [0.15, 0.2) is 17.3 Å². The van der Waals surface area contributed by atoms with Gasteiger partial charge >= 0.3 is 5.91 Å². The van der Waals surface area contributed by atoms with Crippen LogP contribution < -0.4 is 23.8 Å². The molecule has 10 nitrogen and oxygen atoms in total. The molecule has 1 amide bonds. The molecule has 194 valence electrons. The Balaban J connectivity index is 1.92. The second-order valence-corrected chi connectivity index (χ2v) is 8.30. The van der Waals surface area contributed by atoms with Crippen LogP contribution in [0, 0.1) is 6.92 Å². The number of Topliss-reactive ketones (excluding diaryl/α,β-unsaturated/α-hetero) is 1. The highest BCUT2D eigenvalue weighted by Gasteiger charge is 2.48. The number of hydrogen-bond donors (Lipinski definition) is 1. The first-order valence-corrected chi connectivity index (χ1v) is 11.6. The van der Waals surface area contributed by atoms with Crippen molar-refractivity contribution >= 4 is 23.3 Å². The van der Waals surface area contributed by atoms with Crippen molar-refractivity contribution in [1.29, 1.82) is 0 Å². The Bertz CT molecular complexity index is 1320. The fourth-order valence-electron chi connectivity index (χ4n) is 4.19. The number of aliphatic hydroxyl groups is 1. The van der Waals surface area contributed by atoms with Crippen LogP contribution in [0.25, 0.3) is 5.76 Å². The number of ether oxygens (including phenoxy) is 4. The number of carbonyl (C=O) groups excluding carboxylic acids is 2. The zero-order valence-electron chi connectivity index (χ0n) is 21.2. The number of amides is 1. The first-order chi connectivity index (χ1) is 17.8. The predicted molar refractivity (Wildman–Crippen MR) is 134 cm³/mol. The minimum Gasteiger partial charge on any atom is -0.507 e. The van der Waals surface area contributed by atoms with Crippen LogP contribution in [-0.4, -0.2) is 49.9 Å². The second-order valence-electron chi connectivity index (χ2n) is 8.30. The molecule has 1 atom stereocenters. The Labute approximate surface area is 214 Å². The van der Waals surface area contributed by atoms with Crippen LogP contribution in [0.3, 0.4) is 0 Å². The molecule has 1 aliphatic rings. The fraction of sp³-hybridized carbons (Fsp3) is 0.296. The Morgan fingerprint density at radius 2 is 1.68 bits per heavy atom. The van der Waals surface area contributed by atoms with Gasteiger partial charge in [-0.3, -0.25) is 14.5 Å². The Morgan fingerprint density at radius 1 is 1.03 bits per heavy atom. The molecule has 4 rings (SSSR count). The van der Waals surface area contributed by atoms with Crippen LogP contribution >= 0.6 is 0 Å². The highest BCUT2D eigenvalue weighted by atomic mass is 16.5. The van der Waals surface area contributed by atoms with E-state index in [9.17, 15) is 14.7 Å². The number of nitrogens with zero attached hydrogens (tertiary/aromatic N) is 2. The summed E-state index contributed by atoms with van der Waals surface area (Å²) in [5.41, 5.74) is 0.650. The van der Waals surface area contributed by atoms with Crippen molar-refractivity contribution in [3.05, 3.63) is 64.9 Å². The van der Waals surface area contributed by atoms with Gasteiger partial charge in [-0.15, -0.1) is 0 Å². The molecule has 1 saturated heterocycles. The first-order valence-electron chi connectivity index (χ1n) is 11.6. The summed E-state index contributed by atoms with van der Waals surface area (Å²) < 4.78 is 27.2. The normalized spacial score (nSPS) is 16.7. The molecule has 0 spiro atoms. The van der Waals surface area contributed by atoms with Gasteiger partial charge in [0.05, 0.1) is 39.6 Å². The molecule has 1 fully saturated rings. The molecule has 1 aliphatic heterocycles. The predicted octanol–water partition coefficient (Wildman–Crippen LogP) is 4.42. The molecule has 2 heterocycles. The lowest BCUT2D eigenvalue weighted by atomic mass is 9.94. The number of carbonyl (C=O) groups is 2. The zero-order chi connectivity index (χ0) is 26.7. The Kier molecular flexibility index (Phi) is 7.37. The standard InChI is InChI=1S/C27H28N2O8/c1-6-11-36-18-9-7-16(8-10-18)24(30)22-23(17-13-19(33-3)26(35-5)20(14-17)34-4)29(27(32)25(22)31)21-12-15(2)37-28-21/h7-10,12-14,23,30H,6,11H2,1-5H3/b24-22+/t23-/m1/s1. The smallest absolute Gasteiger partial charge is 0.301 e. The first kappa shape index (κ1) is 25.6. The van der Waals surface area contributed by atoms with Crippen molar-refractivity contribution in [3.63, 3.8) is 0 Å². The molecular formula is C27H28N2O8. The third-order valence-electron chi connectivity index (χ3n) is 5.91. The second kappa shape index (κ2) is 10.7. The van der Waals surface area contributed by atoms with E-state index < -0.39 is 17.7 Å². The quantitative estimate of drug-likeness (QED) is 0.254. The average molecular weight is 509 g/mol. The van der Waals surface area contributed by atoms with E-state index in [1.54, 1.807) is 43.3 Å². The van der Waals surface area contributed by atoms with Gasteiger partial charge in [-0.1, -0.05) is 12.1 Å². The number of rotatable bonds is 9. The molecule has 37 heavy (non-hydrogen) atoms. The molecule has 3 aromatic rings. The van der Waals surface area contributed by atoms with E-state index in [-0.39, 0.29) is 17.2 Å². The number of hydrogen-bond acceptors (Lipinski definition) is 9. The monoisotopic (exact) mass is 508 g/mol. The largest absolute Gasteiger partial charge is 0.507 e. The molecule has 10 heteroatoms. The van der Waals surface area contributed by atoms with Crippen LogP contribution in [0.5, 0.6) is 23.0 Å². The average Bonchev–Trinajstić information content (AvgIpc) is 3.46. The maximum atomic E-state index is 13.4. The molecule has 0 aliphatic carbocycles. The number of aliphatic hydroxyl groups excluding tert-OH is 1. The van der Waals surface area contributed by atoms with E-state index in [0.717, 1.165) is 6.42 Å². The molecule has 1 N–H and O–H groups in total. The van der Waals surface area contributed by atoms with E-state index >= 15 is 0 Å². The van der Waals surface area contributed by atoms with Gasteiger partial charge in [-0.25, -0.2) is 0 Å². The lowest BCUT2D eigenvalue weighted by Gasteiger charge is -2.24. The minimum atomic E-state index is -1.06. The summed E-state index contributed by atoms with van der Waals surface area (Å²) in [6.07, 6.45) is 0.849. The molecule has 2 aromatic carbocycles. The van der Waals surface area contributed by atoms with Crippen molar-refractivity contribution in [1.82, 2.24) is 5.16 Å². The van der Waals surface area contributed by atoms with E-state index in [0.29, 0.717) is 46.5 Å². The van der Waals surface area contributed by atoms with Crippen molar-refractivity contribution in [2.24, 2.45) is 0 Å². The van der Waals surface area contributed by atoms with Gasteiger partial charge in [0, 0.05) is 11.6 Å². The zero-order valence-corrected chi connectivity index (χ0v) is 21.2. The summed E-state index contributed by atoms with van der Waals surface area (Å²) in [4.78, 5) is 27.8. The van der Waals surface area contributed by atoms with Crippen LogP contribution in [0.1, 0.15) is 36.3 Å². The molecule has 0 bridgehead atoms. The molecule has 0 radical (unpaired) electrons. The number of methoxy groups -OCH3 is 3. The summed E-state index contributed by atoms with van der Waals surface area (Å²) in [5, 5.41) is 15.3. The van der Waals surface area contributed by atoms with E-state index in [4.69, 9.17) is 23.5 Å². The highest BCUT2D eigenvalue weighted by molar-refractivity contribution is 6.51. The number of benzene rings is 2. The lowest BCUT2D eigenvalue weighted by Crippen LogP contribution is -2.29. The van der Waals surface area contributed by atoms with E-state index in [1.807, 2.05) is 6.92 Å². The summed E-state index contributed by atoms with van der Waals surface area (Å²) in [7, 11) is 4.39. The highest BCUT2D eigenvalue weighted by Crippen LogP contribution is 2.47. The SMILES string of the molecule is CCCOc1ccc(/C(O)=C2\C(=O)C(=O)N(c3cc(C)on3)[C@@H]2c2cc(OC)c(OC)c(OC)c2)cc1. The van der Waals surface area contributed by atoms with Gasteiger partial charge in [0.1, 0.15) is 17.3 Å². The van der Waals surface area contributed by atoms with Gasteiger partial charge in [-0.05, 0) is 55.3 Å². The van der Waals surface area contributed by atoms with Gasteiger partial charge < -0.3 is 28.6 Å². The maximum absolute atomic E-state index is 13.4. The summed E-state index contributed by atoms with van der Waals surface area (Å²) in [6.45, 7) is 4.22. The molecular weight excluding hydrogens is 480 g/mol. The number of anilines is 1. The number of aryl methyl sites for hydroxylation is 1. The maximum Gasteiger partial charge on any atom is 0.301 e. The summed E-state index contributed by atoms with van der Waals surface area (Å²) in [5.74, 6) is 0.0849. The number of ketones is 1. The molecule has 0 saturated carbocycles. The third-order valence-corrected chi connectivity index (χ3v) is 5.91. The molecule has 0 unspecified atom stereocenters. The topological polar surface area (TPSA) is 121 Å². The van der Waals surface area contributed by atoms with Crippen molar-refractivity contribution in [3.8, 4) is 23.0 Å². The van der Waals surface area contributed by atoms with Crippen LogP contribution in [0.2, 0.25) is 0 Å². The lowest BCUT2D eigenvalue weighted by molar-refractivity contribution is -0.132. The van der Waals surface area contributed by atoms with Crippen LogP contribution in [-0.2, 0) is 9.59 Å². The third kappa shape index (κ3) is 4.69. The van der Waals surface area contributed by atoms with E-state index in [2.05, 4.69) is 5.16 Å². The van der Waals surface area contributed by atoms with Crippen molar-refractivity contribution < 1.29 is 38.2 Å². The van der Waals surface area contributed by atoms with Crippen LogP contribution in [0.15, 0.2) is 52.6 Å². The van der Waals surface area contributed by atoms with Crippen LogP contribution in [0.4, 0.5) is 5.82 Å². The fourth-order valence-corrected chi connectivity index (χ4v) is 4.19. The molecule has 1 aromatic heterocycles. The van der Waals surface area contributed by atoms with E-state index in [1.165, 1.54) is 32.3 Å². The van der Waals surface area contributed by atoms with Crippen molar-refractivity contribution in [2.45, 2.75) is 26.3 Å². The van der Waals surface area contributed by atoms with Gasteiger partial charge in [-0.2, -0.15) is 0 Å². The summed E-state index contributed by atoms with van der Waals surface area (Å²) >= 11 is 0. The number of aromatic nitrogens is 1. The minimum absolute atomic E-state index is 0.123. The van der Waals surface area contributed by atoms with Gasteiger partial charge in [0.25, 0.3) is 5.78 Å². The Hall–Kier alpha value is -4.47. The van der Waals surface area contributed by atoms with Gasteiger partial charge in [0.2, 0.25) is 5.75 Å². The van der Waals surface area contributed by atoms with Crippen molar-refractivity contribution in [2.75, 3.05) is 32.8 Å².